The summed E-state index contributed by atoms with van der Waals surface area (Å²) in [6, 6.07) is 11.1. The van der Waals surface area contributed by atoms with Gasteiger partial charge in [-0.05, 0) is 24.3 Å². The molecule has 1 aromatic heterocycles. The second kappa shape index (κ2) is 5.26. The third kappa shape index (κ3) is 2.09. The molecule has 110 valence electrons. The summed E-state index contributed by atoms with van der Waals surface area (Å²) < 4.78 is 1.94. The Bertz CT molecular complexity index is 580. The molecule has 4 rings (SSSR count). The molecule has 4 heteroatoms. The summed E-state index contributed by atoms with van der Waals surface area (Å²) in [6.07, 6.45) is 8.87. The first-order valence-electron chi connectivity index (χ1n) is 8.02. The number of rotatable bonds is 4. The Kier molecular flexibility index (Phi) is 3.26. The Morgan fingerprint density at radius 3 is 2.81 bits per heavy atom. The third-order valence-electron chi connectivity index (χ3n) is 5.38. The van der Waals surface area contributed by atoms with E-state index in [-0.39, 0.29) is 0 Å². The number of nitrogens with zero attached hydrogens (tertiary/aromatic N) is 4. The van der Waals surface area contributed by atoms with Crippen molar-refractivity contribution in [1.29, 1.82) is 0 Å². The summed E-state index contributed by atoms with van der Waals surface area (Å²) in [5, 5.41) is 4.22. The van der Waals surface area contributed by atoms with Crippen LogP contribution in [0.15, 0.2) is 43.0 Å². The molecule has 2 aliphatic rings. The molecule has 2 heterocycles. The third-order valence-corrected chi connectivity index (χ3v) is 5.38. The molecular formula is C17H22N4. The van der Waals surface area contributed by atoms with Crippen molar-refractivity contribution in [1.82, 2.24) is 19.7 Å². The van der Waals surface area contributed by atoms with Gasteiger partial charge < -0.3 is 0 Å². The van der Waals surface area contributed by atoms with Crippen molar-refractivity contribution in [3.8, 4) is 0 Å². The molecule has 2 aromatic rings. The van der Waals surface area contributed by atoms with Gasteiger partial charge in [0.25, 0.3) is 0 Å². The van der Waals surface area contributed by atoms with Crippen LogP contribution in [0.25, 0.3) is 0 Å². The van der Waals surface area contributed by atoms with Crippen molar-refractivity contribution in [3.63, 3.8) is 0 Å². The van der Waals surface area contributed by atoms with E-state index >= 15 is 0 Å². The van der Waals surface area contributed by atoms with Gasteiger partial charge >= 0.3 is 0 Å². The van der Waals surface area contributed by atoms with Crippen molar-refractivity contribution in [2.24, 2.45) is 5.92 Å². The molecule has 1 aliphatic carbocycles. The van der Waals surface area contributed by atoms with Crippen LogP contribution in [0.5, 0.6) is 0 Å². The smallest absolute Gasteiger partial charge is 0.137 e. The van der Waals surface area contributed by atoms with Gasteiger partial charge in [-0.15, -0.1) is 0 Å². The van der Waals surface area contributed by atoms with Crippen molar-refractivity contribution in [2.45, 2.75) is 37.8 Å². The van der Waals surface area contributed by atoms with Crippen molar-refractivity contribution in [2.75, 3.05) is 13.1 Å². The van der Waals surface area contributed by atoms with E-state index < -0.39 is 0 Å². The van der Waals surface area contributed by atoms with Crippen LogP contribution >= 0.6 is 0 Å². The molecule has 21 heavy (non-hydrogen) atoms. The van der Waals surface area contributed by atoms with E-state index in [0.29, 0.717) is 5.54 Å². The van der Waals surface area contributed by atoms with Gasteiger partial charge in [0.15, 0.2) is 0 Å². The number of fused-ring (bicyclic) bond motifs is 1. The summed E-state index contributed by atoms with van der Waals surface area (Å²) in [5.41, 5.74) is 1.81. The Labute approximate surface area is 125 Å². The van der Waals surface area contributed by atoms with E-state index in [1.807, 2.05) is 11.0 Å². The highest BCUT2D eigenvalue weighted by atomic mass is 15.3. The predicted octanol–water partition coefficient (Wildman–Crippen LogP) is 2.68. The van der Waals surface area contributed by atoms with E-state index in [4.69, 9.17) is 0 Å². The van der Waals surface area contributed by atoms with Crippen molar-refractivity contribution < 1.29 is 0 Å². The van der Waals surface area contributed by atoms with Crippen LogP contribution in [0.1, 0.15) is 31.2 Å². The van der Waals surface area contributed by atoms with Gasteiger partial charge in [-0.25, -0.2) is 4.98 Å². The molecule has 0 amide bonds. The summed E-state index contributed by atoms with van der Waals surface area (Å²) in [4.78, 5) is 6.71. The molecule has 2 fully saturated rings. The zero-order valence-electron chi connectivity index (χ0n) is 12.4. The van der Waals surface area contributed by atoms with Crippen LogP contribution < -0.4 is 0 Å². The largest absolute Gasteiger partial charge is 0.291 e. The monoisotopic (exact) mass is 282 g/mol. The van der Waals surface area contributed by atoms with E-state index in [1.165, 1.54) is 37.8 Å². The highest BCUT2D eigenvalue weighted by molar-refractivity contribution is 5.30. The zero-order chi connectivity index (χ0) is 14.1. The van der Waals surface area contributed by atoms with Crippen LogP contribution in [0.2, 0.25) is 0 Å². The SMILES string of the molecule is c1ccc([C@@]23CCCC[C@@H]2CN3CCn2cncn2)cc1. The summed E-state index contributed by atoms with van der Waals surface area (Å²) in [6.45, 7) is 3.24. The lowest BCUT2D eigenvalue weighted by molar-refractivity contribution is -0.116. The molecule has 1 saturated carbocycles. The molecule has 0 bridgehead atoms. The fourth-order valence-corrected chi connectivity index (χ4v) is 4.35. The Hall–Kier alpha value is -1.68. The minimum absolute atomic E-state index is 0.292. The van der Waals surface area contributed by atoms with Gasteiger partial charge in [0, 0.05) is 13.1 Å². The van der Waals surface area contributed by atoms with E-state index in [0.717, 1.165) is 19.0 Å². The maximum absolute atomic E-state index is 4.22. The van der Waals surface area contributed by atoms with Gasteiger partial charge in [-0.2, -0.15) is 5.10 Å². The molecular weight excluding hydrogens is 260 g/mol. The highest BCUT2D eigenvalue weighted by Gasteiger charge is 2.54. The Morgan fingerprint density at radius 2 is 2.05 bits per heavy atom. The molecule has 0 N–H and O–H groups in total. The quantitative estimate of drug-likeness (QED) is 0.864. The number of aromatic nitrogens is 3. The molecule has 0 spiro atoms. The molecule has 1 aromatic carbocycles. The molecule has 4 nitrogen and oxygen atoms in total. The van der Waals surface area contributed by atoms with Gasteiger partial charge in [0.05, 0.1) is 12.1 Å². The molecule has 0 radical (unpaired) electrons. The lowest BCUT2D eigenvalue weighted by atomic mass is 9.62. The lowest BCUT2D eigenvalue weighted by Gasteiger charge is -2.62. The first kappa shape index (κ1) is 13.0. The van der Waals surface area contributed by atoms with E-state index in [9.17, 15) is 0 Å². The lowest BCUT2D eigenvalue weighted by Crippen LogP contribution is -2.66. The molecule has 1 saturated heterocycles. The van der Waals surface area contributed by atoms with Gasteiger partial charge in [0.2, 0.25) is 0 Å². The molecule has 0 unspecified atom stereocenters. The second-order valence-corrected chi connectivity index (χ2v) is 6.34. The fourth-order valence-electron chi connectivity index (χ4n) is 4.35. The number of hydrogen-bond acceptors (Lipinski definition) is 3. The average molecular weight is 282 g/mol. The average Bonchev–Trinajstić information content (AvgIpc) is 3.02. The van der Waals surface area contributed by atoms with Crippen LogP contribution in [0, 0.1) is 5.92 Å². The summed E-state index contributed by atoms with van der Waals surface area (Å²) in [5.74, 6) is 0.837. The first-order valence-corrected chi connectivity index (χ1v) is 8.02. The van der Waals surface area contributed by atoms with Gasteiger partial charge in [-0.1, -0.05) is 43.2 Å². The summed E-state index contributed by atoms with van der Waals surface area (Å²) in [7, 11) is 0. The Morgan fingerprint density at radius 1 is 1.14 bits per heavy atom. The van der Waals surface area contributed by atoms with Crippen molar-refractivity contribution >= 4 is 0 Å². The van der Waals surface area contributed by atoms with Crippen LogP contribution in [0.4, 0.5) is 0 Å². The van der Waals surface area contributed by atoms with E-state index in [1.54, 1.807) is 6.33 Å². The van der Waals surface area contributed by atoms with Crippen LogP contribution in [-0.4, -0.2) is 32.8 Å². The Balaban J connectivity index is 1.56. The first-order chi connectivity index (χ1) is 10.4. The zero-order valence-corrected chi connectivity index (χ0v) is 12.4. The number of benzene rings is 1. The number of hydrogen-bond donors (Lipinski definition) is 0. The summed E-state index contributed by atoms with van der Waals surface area (Å²) >= 11 is 0. The van der Waals surface area contributed by atoms with Crippen LogP contribution in [-0.2, 0) is 12.1 Å². The minimum Gasteiger partial charge on any atom is -0.291 e. The molecule has 1 aliphatic heterocycles. The minimum atomic E-state index is 0.292. The number of likely N-dealkylation sites (tertiary alicyclic amines) is 1. The van der Waals surface area contributed by atoms with Crippen LogP contribution in [0.3, 0.4) is 0 Å². The fraction of sp³-hybridized carbons (Fsp3) is 0.529. The van der Waals surface area contributed by atoms with Gasteiger partial charge in [0.1, 0.15) is 12.7 Å². The second-order valence-electron chi connectivity index (χ2n) is 6.34. The van der Waals surface area contributed by atoms with Crippen molar-refractivity contribution in [3.05, 3.63) is 48.5 Å². The normalized spacial score (nSPS) is 28.9. The van der Waals surface area contributed by atoms with Gasteiger partial charge in [-0.3, -0.25) is 9.58 Å². The molecule has 2 atom stereocenters. The maximum atomic E-state index is 4.22. The highest BCUT2D eigenvalue weighted by Crippen LogP contribution is 2.53. The topological polar surface area (TPSA) is 34.0 Å². The standard InChI is InChI=1S/C17H22N4/c1-2-6-15(7-3-1)17-9-5-4-8-16(17)12-20(17)10-11-21-14-18-13-19-21/h1-3,6-7,13-14,16H,4-5,8-12H2/t16-,17+/m1/s1. The van der Waals surface area contributed by atoms with E-state index in [2.05, 4.69) is 45.3 Å². The maximum Gasteiger partial charge on any atom is 0.137 e. The predicted molar refractivity (Wildman–Crippen MR) is 81.7 cm³/mol.